The van der Waals surface area contributed by atoms with E-state index < -0.39 is 0 Å². The molecule has 2 saturated heterocycles. The number of benzene rings is 1. The van der Waals surface area contributed by atoms with Crippen LogP contribution >= 0.6 is 11.8 Å². The molecule has 0 spiro atoms. The molecule has 30 heavy (non-hydrogen) atoms. The summed E-state index contributed by atoms with van der Waals surface area (Å²) in [5, 5.41) is 12.8. The van der Waals surface area contributed by atoms with Gasteiger partial charge >= 0.3 is 0 Å². The zero-order valence-electron chi connectivity index (χ0n) is 17.8. The molecular weight excluding hydrogens is 398 g/mol. The molecule has 1 aromatic carbocycles. The van der Waals surface area contributed by atoms with Gasteiger partial charge in [-0.15, -0.1) is 10.2 Å². The van der Waals surface area contributed by atoms with E-state index in [1.165, 1.54) is 18.9 Å². The Morgan fingerprint density at radius 1 is 1.20 bits per heavy atom. The fourth-order valence-electron chi connectivity index (χ4n) is 4.25. The Bertz CT molecular complexity index is 840. The number of nitrogens with one attached hydrogen (secondary N) is 1. The second-order valence-corrected chi connectivity index (χ2v) is 9.26. The molecule has 7 nitrogen and oxygen atoms in total. The molecule has 2 fully saturated rings. The van der Waals surface area contributed by atoms with Crippen molar-refractivity contribution < 1.29 is 9.53 Å². The Kier molecular flexibility index (Phi) is 7.07. The van der Waals surface area contributed by atoms with Crippen molar-refractivity contribution in [3.05, 3.63) is 35.7 Å². The molecule has 3 heterocycles. The molecule has 1 amide bonds. The summed E-state index contributed by atoms with van der Waals surface area (Å²) in [4.78, 5) is 13.6. The fraction of sp³-hybridized carbons (Fsp3) is 0.591. The Hall–Kier alpha value is -1.90. The predicted molar refractivity (Wildman–Crippen MR) is 119 cm³/mol. The number of likely N-dealkylation sites (tertiary alicyclic amines) is 1. The molecule has 0 unspecified atom stereocenters. The third-order valence-electron chi connectivity index (χ3n) is 5.92. The van der Waals surface area contributed by atoms with Crippen molar-refractivity contribution >= 4 is 23.4 Å². The topological polar surface area (TPSA) is 72.3 Å². The lowest BCUT2D eigenvalue weighted by molar-refractivity contribution is -0.114. The smallest absolute Gasteiger partial charge is 0.221 e. The second kappa shape index (κ2) is 9.94. The van der Waals surface area contributed by atoms with Crippen LogP contribution in [-0.2, 0) is 23.1 Å². The summed E-state index contributed by atoms with van der Waals surface area (Å²) in [6, 6.07) is 8.13. The first-order valence-corrected chi connectivity index (χ1v) is 11.8. The third-order valence-corrected chi connectivity index (χ3v) is 7.08. The summed E-state index contributed by atoms with van der Waals surface area (Å²) >= 11 is 1.76. The number of anilines is 1. The minimum absolute atomic E-state index is 0.0398. The van der Waals surface area contributed by atoms with Crippen molar-refractivity contribution in [2.75, 3.05) is 30.8 Å². The quantitative estimate of drug-likeness (QED) is 0.680. The minimum atomic E-state index is -0.0398. The number of ether oxygens (including phenoxy) is 1. The molecular formula is C22H31N5O2S. The van der Waals surface area contributed by atoms with Crippen LogP contribution in [-0.4, -0.2) is 57.1 Å². The highest BCUT2D eigenvalue weighted by molar-refractivity contribution is 7.99. The van der Waals surface area contributed by atoms with E-state index in [4.69, 9.17) is 4.74 Å². The van der Waals surface area contributed by atoms with Gasteiger partial charge in [-0.25, -0.2) is 0 Å². The van der Waals surface area contributed by atoms with Crippen LogP contribution in [0, 0.1) is 0 Å². The van der Waals surface area contributed by atoms with E-state index in [0.29, 0.717) is 12.0 Å². The Morgan fingerprint density at radius 3 is 2.63 bits per heavy atom. The monoisotopic (exact) mass is 429 g/mol. The van der Waals surface area contributed by atoms with Gasteiger partial charge in [0.1, 0.15) is 5.82 Å². The van der Waals surface area contributed by atoms with Gasteiger partial charge in [-0.1, -0.05) is 23.9 Å². The first kappa shape index (κ1) is 21.3. The van der Waals surface area contributed by atoms with Crippen molar-refractivity contribution in [2.24, 2.45) is 7.05 Å². The van der Waals surface area contributed by atoms with Gasteiger partial charge in [-0.3, -0.25) is 9.69 Å². The average molecular weight is 430 g/mol. The number of hydrogen-bond donors (Lipinski definition) is 1. The van der Waals surface area contributed by atoms with Gasteiger partial charge < -0.3 is 14.6 Å². The maximum absolute atomic E-state index is 11.1. The van der Waals surface area contributed by atoms with Crippen molar-refractivity contribution in [1.29, 1.82) is 0 Å². The molecule has 1 atom stereocenters. The highest BCUT2D eigenvalue weighted by Crippen LogP contribution is 2.30. The predicted octanol–water partition coefficient (Wildman–Crippen LogP) is 3.42. The number of aromatic nitrogens is 3. The molecule has 2 aromatic rings. The SMILES string of the molecule is CC(=O)Nc1ccc(CN2CCC(c3nnc(SC[C@@H]4CCCO4)n3C)CC2)cc1. The molecule has 0 bridgehead atoms. The molecule has 162 valence electrons. The van der Waals surface area contributed by atoms with Crippen LogP contribution in [0.3, 0.4) is 0 Å². The van der Waals surface area contributed by atoms with Gasteiger partial charge in [-0.05, 0) is 56.5 Å². The van der Waals surface area contributed by atoms with Gasteiger partial charge in [0.2, 0.25) is 5.91 Å². The number of carbonyl (C=O) groups is 1. The van der Waals surface area contributed by atoms with E-state index in [9.17, 15) is 4.79 Å². The molecule has 2 aliphatic heterocycles. The number of carbonyl (C=O) groups excluding carboxylic acids is 1. The third kappa shape index (κ3) is 5.42. The Balaban J connectivity index is 1.26. The van der Waals surface area contributed by atoms with Crippen LogP contribution in [0.1, 0.15) is 49.9 Å². The van der Waals surface area contributed by atoms with Crippen LogP contribution < -0.4 is 5.32 Å². The minimum Gasteiger partial charge on any atom is -0.377 e. The van der Waals surface area contributed by atoms with Crippen LogP contribution in [0.25, 0.3) is 0 Å². The van der Waals surface area contributed by atoms with E-state index in [-0.39, 0.29) is 5.91 Å². The molecule has 0 aliphatic carbocycles. The maximum atomic E-state index is 11.1. The summed E-state index contributed by atoms with van der Waals surface area (Å²) in [5.74, 6) is 2.51. The zero-order valence-corrected chi connectivity index (χ0v) is 18.7. The standard InChI is InChI=1S/C22H31N5O2S/c1-16(28)23-19-7-5-17(6-8-19)14-27-11-9-18(10-12-27)21-24-25-22(26(21)2)30-15-20-4-3-13-29-20/h5-8,18,20H,3-4,9-15H2,1-2H3,(H,23,28)/t20-/m0/s1. The summed E-state index contributed by atoms with van der Waals surface area (Å²) < 4.78 is 7.90. The van der Waals surface area contributed by atoms with E-state index in [0.717, 1.165) is 67.9 Å². The van der Waals surface area contributed by atoms with Crippen LogP contribution in [0.2, 0.25) is 0 Å². The van der Waals surface area contributed by atoms with Crippen molar-refractivity contribution in [3.8, 4) is 0 Å². The largest absolute Gasteiger partial charge is 0.377 e. The van der Waals surface area contributed by atoms with Gasteiger partial charge in [-0.2, -0.15) is 0 Å². The Morgan fingerprint density at radius 2 is 1.97 bits per heavy atom. The summed E-state index contributed by atoms with van der Waals surface area (Å²) in [5.41, 5.74) is 2.12. The summed E-state index contributed by atoms with van der Waals surface area (Å²) in [6.07, 6.45) is 4.91. The number of piperidine rings is 1. The molecule has 1 aromatic heterocycles. The van der Waals surface area contributed by atoms with Crippen LogP contribution in [0.15, 0.2) is 29.4 Å². The molecule has 0 saturated carbocycles. The highest BCUT2D eigenvalue weighted by Gasteiger charge is 2.26. The lowest BCUT2D eigenvalue weighted by atomic mass is 9.95. The number of thioether (sulfide) groups is 1. The van der Waals surface area contributed by atoms with Gasteiger partial charge in [0.05, 0.1) is 6.10 Å². The first-order chi connectivity index (χ1) is 14.6. The number of rotatable bonds is 7. The normalized spacial score (nSPS) is 20.5. The zero-order chi connectivity index (χ0) is 20.9. The molecule has 8 heteroatoms. The van der Waals surface area contributed by atoms with E-state index in [1.54, 1.807) is 11.8 Å². The van der Waals surface area contributed by atoms with Gasteiger partial charge in [0.15, 0.2) is 5.16 Å². The van der Waals surface area contributed by atoms with Crippen LogP contribution in [0.5, 0.6) is 0 Å². The van der Waals surface area contributed by atoms with E-state index >= 15 is 0 Å². The first-order valence-electron chi connectivity index (χ1n) is 10.8. The van der Waals surface area contributed by atoms with Crippen LogP contribution in [0.4, 0.5) is 5.69 Å². The summed E-state index contributed by atoms with van der Waals surface area (Å²) in [6.45, 7) is 5.48. The van der Waals surface area contributed by atoms with Crippen molar-refractivity contribution in [3.63, 3.8) is 0 Å². The molecule has 1 N–H and O–H groups in total. The maximum Gasteiger partial charge on any atom is 0.221 e. The molecule has 2 aliphatic rings. The van der Waals surface area contributed by atoms with E-state index in [1.807, 2.05) is 12.1 Å². The summed E-state index contributed by atoms with van der Waals surface area (Å²) in [7, 11) is 2.09. The second-order valence-electron chi connectivity index (χ2n) is 8.27. The van der Waals surface area contributed by atoms with Crippen molar-refractivity contribution in [2.45, 2.75) is 56.3 Å². The average Bonchev–Trinajstić information content (AvgIpc) is 3.38. The number of nitrogens with zero attached hydrogens (tertiary/aromatic N) is 4. The molecule has 4 rings (SSSR count). The molecule has 0 radical (unpaired) electrons. The van der Waals surface area contributed by atoms with E-state index in [2.05, 4.69) is 44.2 Å². The fourth-order valence-corrected chi connectivity index (χ4v) is 5.24. The lowest BCUT2D eigenvalue weighted by Crippen LogP contribution is -2.33. The number of amides is 1. The lowest BCUT2D eigenvalue weighted by Gasteiger charge is -2.31. The van der Waals surface area contributed by atoms with Crippen molar-refractivity contribution in [1.82, 2.24) is 19.7 Å². The highest BCUT2D eigenvalue weighted by atomic mass is 32.2. The van der Waals surface area contributed by atoms with Gasteiger partial charge in [0.25, 0.3) is 0 Å². The number of hydrogen-bond acceptors (Lipinski definition) is 6. The van der Waals surface area contributed by atoms with Gasteiger partial charge in [0, 0.05) is 44.5 Å². The Labute approximate surface area is 182 Å².